The first kappa shape index (κ1) is 16.2. The maximum atomic E-state index is 12.4. The largest absolute Gasteiger partial charge is 0.274 e. The summed E-state index contributed by atoms with van der Waals surface area (Å²) in [7, 11) is 0. The molecule has 2 rings (SSSR count). The molecular weight excluding hydrogens is 330 g/mol. The van der Waals surface area contributed by atoms with Crippen molar-refractivity contribution in [3.8, 4) is 0 Å². The van der Waals surface area contributed by atoms with E-state index in [4.69, 9.17) is 0 Å². The van der Waals surface area contributed by atoms with Gasteiger partial charge in [-0.3, -0.25) is 14.5 Å². The zero-order valence-electron chi connectivity index (χ0n) is 13.1. The van der Waals surface area contributed by atoms with Gasteiger partial charge in [0, 0.05) is 11.9 Å². The van der Waals surface area contributed by atoms with Gasteiger partial charge in [-0.25, -0.2) is 0 Å². The average Bonchev–Trinajstić information content (AvgIpc) is 2.63. The Morgan fingerprint density at radius 1 is 0.952 bits per heavy atom. The van der Waals surface area contributed by atoms with E-state index in [9.17, 15) is 9.59 Å². The number of alkyl halides is 1. The summed E-state index contributed by atoms with van der Waals surface area (Å²) in [6.07, 6.45) is 0.929. The molecule has 0 spiro atoms. The van der Waals surface area contributed by atoms with Crippen LogP contribution in [0, 0.1) is 10.8 Å². The molecule has 0 saturated carbocycles. The van der Waals surface area contributed by atoms with Gasteiger partial charge in [0.25, 0.3) is 11.8 Å². The van der Waals surface area contributed by atoms with Gasteiger partial charge in [0.15, 0.2) is 0 Å². The Morgan fingerprint density at radius 2 is 1.43 bits per heavy atom. The molecule has 1 aliphatic rings. The van der Waals surface area contributed by atoms with Crippen molar-refractivity contribution in [3.63, 3.8) is 0 Å². The molecule has 0 radical (unpaired) electrons. The number of nitrogens with zero attached hydrogens (tertiary/aromatic N) is 1. The number of benzene rings is 1. The molecule has 2 amide bonds. The Labute approximate surface area is 134 Å². The predicted molar refractivity (Wildman–Crippen MR) is 87.8 cm³/mol. The van der Waals surface area contributed by atoms with E-state index in [0.29, 0.717) is 17.7 Å². The fraction of sp³-hybridized carbons (Fsp3) is 0.529. The monoisotopic (exact) mass is 351 g/mol. The van der Waals surface area contributed by atoms with E-state index in [0.717, 1.165) is 11.8 Å². The summed E-state index contributed by atoms with van der Waals surface area (Å²) >= 11 is 3.54. The summed E-state index contributed by atoms with van der Waals surface area (Å²) in [4.78, 5) is 26.2. The molecule has 114 valence electrons. The third-order valence-electron chi connectivity index (χ3n) is 3.78. The Kier molecular flexibility index (Phi) is 4.29. The molecule has 0 aliphatic carbocycles. The number of imide groups is 1. The summed E-state index contributed by atoms with van der Waals surface area (Å²) in [5, 5.41) is 0.894. The molecule has 0 fully saturated rings. The van der Waals surface area contributed by atoms with Crippen molar-refractivity contribution < 1.29 is 9.59 Å². The highest BCUT2D eigenvalue weighted by Gasteiger charge is 2.39. The highest BCUT2D eigenvalue weighted by molar-refractivity contribution is 9.09. The van der Waals surface area contributed by atoms with Gasteiger partial charge in [0.05, 0.1) is 11.1 Å². The van der Waals surface area contributed by atoms with Crippen LogP contribution in [0.25, 0.3) is 0 Å². The van der Waals surface area contributed by atoms with Crippen molar-refractivity contribution in [2.75, 3.05) is 11.9 Å². The van der Waals surface area contributed by atoms with Gasteiger partial charge in [-0.2, -0.15) is 0 Å². The molecule has 0 saturated heterocycles. The number of halogens is 1. The second-order valence-corrected chi connectivity index (χ2v) is 7.94. The highest BCUT2D eigenvalue weighted by Crippen LogP contribution is 2.37. The van der Waals surface area contributed by atoms with Gasteiger partial charge in [-0.1, -0.05) is 55.8 Å². The van der Waals surface area contributed by atoms with Gasteiger partial charge < -0.3 is 0 Å². The maximum absolute atomic E-state index is 12.4. The predicted octanol–water partition coefficient (Wildman–Crippen LogP) is 4.12. The lowest BCUT2D eigenvalue weighted by Gasteiger charge is -2.36. The first-order valence-corrected chi connectivity index (χ1v) is 8.30. The molecule has 0 unspecified atom stereocenters. The fourth-order valence-corrected chi connectivity index (χ4v) is 3.41. The SMILES string of the molecule is CC(C)(CBr)CC(C)(C)CN1C(=O)c2ccccc2C1=O. The standard InChI is InChI=1S/C17H22BrNO2/c1-16(2,10-18)9-17(3,4)11-19-14(20)12-7-5-6-8-13(12)15(19)21/h5-8H,9-11H2,1-4H3. The van der Waals surface area contributed by atoms with E-state index in [2.05, 4.69) is 43.6 Å². The van der Waals surface area contributed by atoms with Crippen LogP contribution in [0.3, 0.4) is 0 Å². The minimum atomic E-state index is -0.166. The first-order chi connectivity index (χ1) is 9.67. The zero-order chi connectivity index (χ0) is 15.8. The molecule has 1 aromatic carbocycles. The van der Waals surface area contributed by atoms with Crippen molar-refractivity contribution in [1.29, 1.82) is 0 Å². The summed E-state index contributed by atoms with van der Waals surface area (Å²) in [6.45, 7) is 9.05. The lowest BCUT2D eigenvalue weighted by atomic mass is 9.76. The number of rotatable bonds is 5. The quantitative estimate of drug-likeness (QED) is 0.591. The van der Waals surface area contributed by atoms with Crippen molar-refractivity contribution in [3.05, 3.63) is 35.4 Å². The Balaban J connectivity index is 2.18. The number of carbonyl (C=O) groups is 2. The zero-order valence-corrected chi connectivity index (χ0v) is 14.7. The van der Waals surface area contributed by atoms with Crippen LogP contribution in [-0.2, 0) is 0 Å². The van der Waals surface area contributed by atoms with Gasteiger partial charge in [0.1, 0.15) is 0 Å². The average molecular weight is 352 g/mol. The van der Waals surface area contributed by atoms with Crippen LogP contribution in [0.2, 0.25) is 0 Å². The molecule has 3 nitrogen and oxygen atoms in total. The maximum Gasteiger partial charge on any atom is 0.261 e. The van der Waals surface area contributed by atoms with Crippen molar-refractivity contribution >= 4 is 27.7 Å². The van der Waals surface area contributed by atoms with Gasteiger partial charge in [0.2, 0.25) is 0 Å². The lowest BCUT2D eigenvalue weighted by Crippen LogP contribution is -2.40. The van der Waals surface area contributed by atoms with Crippen LogP contribution < -0.4 is 0 Å². The number of hydrogen-bond acceptors (Lipinski definition) is 2. The summed E-state index contributed by atoms with van der Waals surface area (Å²) in [5.41, 5.74) is 1.06. The Morgan fingerprint density at radius 3 is 1.86 bits per heavy atom. The molecule has 1 aliphatic heterocycles. The molecule has 0 aromatic heterocycles. The topological polar surface area (TPSA) is 37.4 Å². The number of amides is 2. The second-order valence-electron chi connectivity index (χ2n) is 7.38. The van der Waals surface area contributed by atoms with Crippen LogP contribution in [-0.4, -0.2) is 28.6 Å². The van der Waals surface area contributed by atoms with Crippen LogP contribution in [0.5, 0.6) is 0 Å². The molecule has 0 bridgehead atoms. The van der Waals surface area contributed by atoms with Gasteiger partial charge in [-0.15, -0.1) is 0 Å². The summed E-state index contributed by atoms with van der Waals surface area (Å²) in [6, 6.07) is 7.05. The smallest absolute Gasteiger partial charge is 0.261 e. The minimum absolute atomic E-state index is 0.120. The molecular formula is C17H22BrNO2. The Bertz CT molecular complexity index is 543. The van der Waals surface area contributed by atoms with Crippen molar-refractivity contribution in [1.82, 2.24) is 4.90 Å². The minimum Gasteiger partial charge on any atom is -0.274 e. The van der Waals surface area contributed by atoms with E-state index in [1.54, 1.807) is 24.3 Å². The van der Waals surface area contributed by atoms with Gasteiger partial charge in [-0.05, 0) is 29.4 Å². The number of fused-ring (bicyclic) bond motifs is 1. The molecule has 1 heterocycles. The molecule has 4 heteroatoms. The van der Waals surface area contributed by atoms with E-state index in [1.165, 1.54) is 4.90 Å². The Hall–Kier alpha value is -1.16. The van der Waals surface area contributed by atoms with E-state index in [-0.39, 0.29) is 22.6 Å². The van der Waals surface area contributed by atoms with E-state index in [1.807, 2.05) is 0 Å². The fourth-order valence-electron chi connectivity index (χ4n) is 3.21. The molecule has 1 aromatic rings. The lowest BCUT2D eigenvalue weighted by molar-refractivity contribution is 0.0556. The third kappa shape index (κ3) is 3.37. The van der Waals surface area contributed by atoms with Crippen LogP contribution in [0.1, 0.15) is 54.8 Å². The van der Waals surface area contributed by atoms with Crippen LogP contribution in [0.4, 0.5) is 0 Å². The van der Waals surface area contributed by atoms with Crippen molar-refractivity contribution in [2.24, 2.45) is 10.8 Å². The third-order valence-corrected chi connectivity index (χ3v) is 5.30. The van der Waals surface area contributed by atoms with Crippen LogP contribution >= 0.6 is 15.9 Å². The van der Waals surface area contributed by atoms with Gasteiger partial charge >= 0.3 is 0 Å². The number of carbonyl (C=O) groups excluding carboxylic acids is 2. The molecule has 21 heavy (non-hydrogen) atoms. The van der Waals surface area contributed by atoms with Crippen molar-refractivity contribution in [2.45, 2.75) is 34.1 Å². The highest BCUT2D eigenvalue weighted by atomic mass is 79.9. The van der Waals surface area contributed by atoms with E-state index < -0.39 is 0 Å². The second kappa shape index (κ2) is 5.56. The molecule has 0 N–H and O–H groups in total. The first-order valence-electron chi connectivity index (χ1n) is 7.18. The van der Waals surface area contributed by atoms with E-state index >= 15 is 0 Å². The molecule has 0 atom stereocenters. The normalized spacial score (nSPS) is 15.6. The summed E-state index contributed by atoms with van der Waals surface area (Å²) in [5.74, 6) is -0.333. The van der Waals surface area contributed by atoms with Crippen LogP contribution in [0.15, 0.2) is 24.3 Å². The number of hydrogen-bond donors (Lipinski definition) is 0. The summed E-state index contributed by atoms with van der Waals surface area (Å²) < 4.78 is 0.